The normalized spacial score (nSPS) is 10.4. The minimum absolute atomic E-state index is 0.178. The molecule has 0 fully saturated rings. The van der Waals surface area contributed by atoms with E-state index in [0.29, 0.717) is 23.1 Å². The Morgan fingerprint density at radius 2 is 2.11 bits per heavy atom. The van der Waals surface area contributed by atoms with Crippen molar-refractivity contribution in [3.8, 4) is 0 Å². The van der Waals surface area contributed by atoms with Gasteiger partial charge in [0.2, 0.25) is 5.28 Å². The molecule has 6 heteroatoms. The summed E-state index contributed by atoms with van der Waals surface area (Å²) >= 11 is 11.7. The van der Waals surface area contributed by atoms with Crippen LogP contribution in [0.15, 0.2) is 30.5 Å². The fourth-order valence-corrected chi connectivity index (χ4v) is 1.99. The fourth-order valence-electron chi connectivity index (χ4n) is 1.65. The zero-order chi connectivity index (χ0) is 13.1. The molecule has 0 saturated carbocycles. The summed E-state index contributed by atoms with van der Waals surface area (Å²) in [6.07, 6.45) is 1.50. The molecule has 0 radical (unpaired) electrons. The van der Waals surface area contributed by atoms with Crippen LogP contribution in [0.4, 0.5) is 11.5 Å². The van der Waals surface area contributed by atoms with Crippen LogP contribution in [0.5, 0.6) is 0 Å². The number of rotatable bonds is 3. The summed E-state index contributed by atoms with van der Waals surface area (Å²) in [6, 6.07) is 7.63. The van der Waals surface area contributed by atoms with Gasteiger partial charge in [0.1, 0.15) is 0 Å². The van der Waals surface area contributed by atoms with Gasteiger partial charge in [0.25, 0.3) is 0 Å². The van der Waals surface area contributed by atoms with Gasteiger partial charge in [0.05, 0.1) is 11.9 Å². The van der Waals surface area contributed by atoms with Crippen LogP contribution in [0, 0.1) is 0 Å². The molecule has 0 amide bonds. The highest BCUT2D eigenvalue weighted by Gasteiger charge is 2.09. The fraction of sp³-hybridized carbons (Fsp3) is 0.167. The maximum atomic E-state index is 5.94. The first-order chi connectivity index (χ1) is 8.56. The Labute approximate surface area is 115 Å². The summed E-state index contributed by atoms with van der Waals surface area (Å²) in [5.74, 6) is 0.606. The lowest BCUT2D eigenvalue weighted by atomic mass is 10.2. The third-order valence-electron chi connectivity index (χ3n) is 2.44. The van der Waals surface area contributed by atoms with Crippen LogP contribution in [0.3, 0.4) is 0 Å². The van der Waals surface area contributed by atoms with Gasteiger partial charge >= 0.3 is 0 Å². The summed E-state index contributed by atoms with van der Waals surface area (Å²) in [5.41, 5.74) is 7.38. The lowest BCUT2D eigenvalue weighted by Gasteiger charge is -2.19. The Hall–Kier alpha value is -1.52. The van der Waals surface area contributed by atoms with E-state index in [0.717, 1.165) is 5.56 Å². The standard InChI is InChI=1S/C12H12Cl2N4/c1-18(7-8-3-2-4-9(13)5-8)11-10(15)6-16-12(14)17-11/h2-6H,7,15H2,1H3. The molecule has 2 N–H and O–H groups in total. The molecular formula is C12H12Cl2N4. The first-order valence-corrected chi connectivity index (χ1v) is 6.05. The van der Waals surface area contributed by atoms with Crippen molar-refractivity contribution in [2.24, 2.45) is 0 Å². The van der Waals surface area contributed by atoms with Gasteiger partial charge in [0, 0.05) is 18.6 Å². The molecule has 0 unspecified atom stereocenters. The average Bonchev–Trinajstić information content (AvgIpc) is 2.32. The summed E-state index contributed by atoms with van der Waals surface area (Å²) in [7, 11) is 1.88. The van der Waals surface area contributed by atoms with Gasteiger partial charge in [0.15, 0.2) is 5.82 Å². The molecule has 0 atom stereocenters. The number of hydrogen-bond acceptors (Lipinski definition) is 4. The topological polar surface area (TPSA) is 55.0 Å². The molecule has 0 aliphatic rings. The lowest BCUT2D eigenvalue weighted by Crippen LogP contribution is -2.19. The van der Waals surface area contributed by atoms with Crippen molar-refractivity contribution < 1.29 is 0 Å². The van der Waals surface area contributed by atoms with Gasteiger partial charge in [-0.3, -0.25) is 0 Å². The highest BCUT2D eigenvalue weighted by molar-refractivity contribution is 6.30. The number of hydrogen-bond donors (Lipinski definition) is 1. The SMILES string of the molecule is CN(Cc1cccc(Cl)c1)c1nc(Cl)ncc1N. The molecule has 94 valence electrons. The number of aromatic nitrogens is 2. The quantitative estimate of drug-likeness (QED) is 0.880. The van der Waals surface area contributed by atoms with Crippen molar-refractivity contribution in [1.29, 1.82) is 0 Å². The van der Waals surface area contributed by atoms with Gasteiger partial charge < -0.3 is 10.6 Å². The number of nitrogens with zero attached hydrogens (tertiary/aromatic N) is 3. The van der Waals surface area contributed by atoms with Gasteiger partial charge in [-0.1, -0.05) is 23.7 Å². The molecule has 18 heavy (non-hydrogen) atoms. The van der Waals surface area contributed by atoms with Crippen LogP contribution < -0.4 is 10.6 Å². The number of halogens is 2. The molecule has 4 nitrogen and oxygen atoms in total. The number of nitrogens with two attached hydrogens (primary N) is 1. The van der Waals surface area contributed by atoms with E-state index in [2.05, 4.69) is 9.97 Å². The summed E-state index contributed by atoms with van der Waals surface area (Å²) < 4.78 is 0. The maximum Gasteiger partial charge on any atom is 0.224 e. The molecular weight excluding hydrogens is 271 g/mol. The molecule has 0 saturated heterocycles. The monoisotopic (exact) mass is 282 g/mol. The van der Waals surface area contributed by atoms with Crippen molar-refractivity contribution in [3.05, 3.63) is 46.3 Å². The highest BCUT2D eigenvalue weighted by Crippen LogP contribution is 2.22. The Morgan fingerprint density at radius 3 is 2.83 bits per heavy atom. The first kappa shape index (κ1) is 12.9. The number of nitrogen functional groups attached to an aromatic ring is 1. The van der Waals surface area contributed by atoms with Gasteiger partial charge in [-0.15, -0.1) is 0 Å². The van der Waals surface area contributed by atoms with Crippen LogP contribution >= 0.6 is 23.2 Å². The zero-order valence-electron chi connectivity index (χ0n) is 9.77. The third kappa shape index (κ3) is 3.03. The van der Waals surface area contributed by atoms with Crippen LogP contribution in [-0.4, -0.2) is 17.0 Å². The smallest absolute Gasteiger partial charge is 0.224 e. The first-order valence-electron chi connectivity index (χ1n) is 5.30. The van der Waals surface area contributed by atoms with Gasteiger partial charge in [-0.05, 0) is 29.3 Å². The summed E-state index contributed by atoms with van der Waals surface area (Å²) in [5, 5.41) is 0.881. The van der Waals surface area contributed by atoms with E-state index in [-0.39, 0.29) is 5.28 Å². The van der Waals surface area contributed by atoms with Crippen LogP contribution in [0.2, 0.25) is 10.3 Å². The minimum Gasteiger partial charge on any atom is -0.394 e. The van der Waals surface area contributed by atoms with E-state index >= 15 is 0 Å². The summed E-state index contributed by atoms with van der Waals surface area (Å²) in [6.45, 7) is 0.637. The molecule has 0 aliphatic carbocycles. The predicted molar refractivity (Wildman–Crippen MR) is 75.0 cm³/mol. The van der Waals surface area contributed by atoms with Crippen LogP contribution in [0.25, 0.3) is 0 Å². The number of anilines is 2. The second kappa shape index (κ2) is 5.42. The Bertz CT molecular complexity index is 560. The van der Waals surface area contributed by atoms with Crippen LogP contribution in [-0.2, 0) is 6.54 Å². The molecule has 1 aromatic carbocycles. The van der Waals surface area contributed by atoms with Gasteiger partial charge in [-0.2, -0.15) is 4.98 Å². The largest absolute Gasteiger partial charge is 0.394 e. The van der Waals surface area contributed by atoms with E-state index in [1.807, 2.05) is 36.2 Å². The lowest BCUT2D eigenvalue weighted by molar-refractivity contribution is 0.894. The Kier molecular flexibility index (Phi) is 3.89. The van der Waals surface area contributed by atoms with E-state index in [4.69, 9.17) is 28.9 Å². The van der Waals surface area contributed by atoms with E-state index in [9.17, 15) is 0 Å². The Balaban J connectivity index is 2.21. The van der Waals surface area contributed by atoms with E-state index in [1.165, 1.54) is 6.20 Å². The van der Waals surface area contributed by atoms with Crippen molar-refractivity contribution in [2.45, 2.75) is 6.54 Å². The molecule has 2 rings (SSSR count). The molecule has 0 spiro atoms. The van der Waals surface area contributed by atoms with Crippen LogP contribution in [0.1, 0.15) is 5.56 Å². The molecule has 0 bridgehead atoms. The van der Waals surface area contributed by atoms with Crippen molar-refractivity contribution in [1.82, 2.24) is 9.97 Å². The van der Waals surface area contributed by atoms with Crippen molar-refractivity contribution >= 4 is 34.7 Å². The summed E-state index contributed by atoms with van der Waals surface area (Å²) in [4.78, 5) is 9.84. The molecule has 2 aromatic rings. The van der Waals surface area contributed by atoms with Crippen molar-refractivity contribution in [2.75, 3.05) is 17.7 Å². The molecule has 1 heterocycles. The Morgan fingerprint density at radius 1 is 1.33 bits per heavy atom. The highest BCUT2D eigenvalue weighted by atomic mass is 35.5. The number of benzene rings is 1. The average molecular weight is 283 g/mol. The van der Waals surface area contributed by atoms with E-state index in [1.54, 1.807) is 0 Å². The third-order valence-corrected chi connectivity index (χ3v) is 2.85. The van der Waals surface area contributed by atoms with Gasteiger partial charge in [-0.25, -0.2) is 4.98 Å². The maximum absolute atomic E-state index is 5.94. The molecule has 1 aromatic heterocycles. The minimum atomic E-state index is 0.178. The molecule has 0 aliphatic heterocycles. The zero-order valence-corrected chi connectivity index (χ0v) is 11.3. The second-order valence-corrected chi connectivity index (χ2v) is 4.68. The van der Waals surface area contributed by atoms with Crippen molar-refractivity contribution in [3.63, 3.8) is 0 Å². The van der Waals surface area contributed by atoms with E-state index < -0.39 is 0 Å². The second-order valence-electron chi connectivity index (χ2n) is 3.90. The predicted octanol–water partition coefficient (Wildman–Crippen LogP) is 3.00.